The quantitative estimate of drug-likeness (QED) is 0.719. The molecule has 0 aromatic heterocycles. The second-order valence-corrected chi connectivity index (χ2v) is 4.67. The Hall–Kier alpha value is -1.22. The minimum Gasteiger partial charge on any atom is -0.508 e. The van der Waals surface area contributed by atoms with Gasteiger partial charge in [-0.15, -0.1) is 0 Å². The molecule has 4 N–H and O–H groups in total. The summed E-state index contributed by atoms with van der Waals surface area (Å²) in [5, 5.41) is 19.0. The molecule has 1 atom stereocenters. The molecule has 16 heavy (non-hydrogen) atoms. The molecule has 3 heteroatoms. The minimum atomic E-state index is -0.110. The molecule has 1 aliphatic carbocycles. The van der Waals surface area contributed by atoms with E-state index in [4.69, 9.17) is 5.73 Å². The van der Waals surface area contributed by atoms with Crippen molar-refractivity contribution >= 4 is 0 Å². The number of benzene rings is 1. The van der Waals surface area contributed by atoms with Crippen LogP contribution in [0.1, 0.15) is 43.7 Å². The third kappa shape index (κ3) is 2.30. The first-order valence-electron chi connectivity index (χ1n) is 5.96. The van der Waals surface area contributed by atoms with Crippen LogP contribution >= 0.6 is 0 Å². The van der Waals surface area contributed by atoms with Crippen LogP contribution < -0.4 is 5.73 Å². The molecular weight excluding hydrogens is 202 g/mol. The van der Waals surface area contributed by atoms with Gasteiger partial charge in [0.15, 0.2) is 0 Å². The van der Waals surface area contributed by atoms with Crippen LogP contribution in [0.15, 0.2) is 18.2 Å². The molecular formula is C13H19NO2. The Morgan fingerprint density at radius 3 is 2.44 bits per heavy atom. The molecule has 3 nitrogen and oxygen atoms in total. The van der Waals surface area contributed by atoms with Gasteiger partial charge in [-0.2, -0.15) is 0 Å². The highest BCUT2D eigenvalue weighted by molar-refractivity contribution is 5.40. The van der Waals surface area contributed by atoms with Crippen molar-refractivity contribution in [2.45, 2.75) is 38.1 Å². The zero-order valence-electron chi connectivity index (χ0n) is 9.39. The second kappa shape index (κ2) is 4.74. The van der Waals surface area contributed by atoms with Crippen LogP contribution in [0.25, 0.3) is 0 Å². The molecule has 1 saturated carbocycles. The van der Waals surface area contributed by atoms with Gasteiger partial charge in [0, 0.05) is 17.7 Å². The molecule has 0 amide bonds. The summed E-state index contributed by atoms with van der Waals surface area (Å²) in [7, 11) is 0. The average Bonchev–Trinajstić information content (AvgIpc) is 2.29. The van der Waals surface area contributed by atoms with Crippen LogP contribution in [0, 0.1) is 5.92 Å². The summed E-state index contributed by atoms with van der Waals surface area (Å²) in [6, 6.07) is 4.56. The van der Waals surface area contributed by atoms with Crippen LogP contribution in [0.5, 0.6) is 11.5 Å². The van der Waals surface area contributed by atoms with Crippen molar-refractivity contribution in [3.8, 4) is 11.5 Å². The van der Waals surface area contributed by atoms with Gasteiger partial charge in [0.2, 0.25) is 0 Å². The van der Waals surface area contributed by atoms with Crippen molar-refractivity contribution in [1.82, 2.24) is 0 Å². The van der Waals surface area contributed by atoms with Crippen LogP contribution in [0.3, 0.4) is 0 Å². The Morgan fingerprint density at radius 1 is 1.12 bits per heavy atom. The van der Waals surface area contributed by atoms with Gasteiger partial charge < -0.3 is 15.9 Å². The van der Waals surface area contributed by atoms with Crippen LogP contribution in [-0.4, -0.2) is 10.2 Å². The first-order valence-corrected chi connectivity index (χ1v) is 5.96. The number of aromatic hydroxyl groups is 2. The minimum absolute atomic E-state index is 0.0806. The standard InChI is InChI=1S/C13H19NO2/c14-13(9-4-2-1-3-5-9)11-7-6-10(15)8-12(11)16/h6-9,13,15-16H,1-5,14H2/t13-/m0/s1. The topological polar surface area (TPSA) is 66.5 Å². The van der Waals surface area contributed by atoms with E-state index in [-0.39, 0.29) is 17.5 Å². The van der Waals surface area contributed by atoms with Gasteiger partial charge in [0.1, 0.15) is 11.5 Å². The number of hydrogen-bond acceptors (Lipinski definition) is 3. The third-order valence-electron chi connectivity index (χ3n) is 3.53. The van der Waals surface area contributed by atoms with E-state index in [0.29, 0.717) is 5.92 Å². The summed E-state index contributed by atoms with van der Waals surface area (Å²) in [5.41, 5.74) is 6.93. The zero-order chi connectivity index (χ0) is 11.5. The van der Waals surface area contributed by atoms with Gasteiger partial charge in [-0.05, 0) is 24.8 Å². The molecule has 2 rings (SSSR count). The lowest BCUT2D eigenvalue weighted by atomic mass is 9.81. The lowest BCUT2D eigenvalue weighted by Gasteiger charge is -2.28. The highest BCUT2D eigenvalue weighted by Crippen LogP contribution is 2.37. The van der Waals surface area contributed by atoms with E-state index in [1.165, 1.54) is 25.3 Å². The highest BCUT2D eigenvalue weighted by Gasteiger charge is 2.23. The van der Waals surface area contributed by atoms with E-state index >= 15 is 0 Å². The molecule has 1 aliphatic rings. The fraction of sp³-hybridized carbons (Fsp3) is 0.538. The van der Waals surface area contributed by atoms with Gasteiger partial charge in [-0.3, -0.25) is 0 Å². The number of rotatable bonds is 2. The second-order valence-electron chi connectivity index (χ2n) is 4.67. The van der Waals surface area contributed by atoms with Crippen molar-refractivity contribution in [2.75, 3.05) is 0 Å². The molecule has 1 aromatic rings. The van der Waals surface area contributed by atoms with Gasteiger partial charge in [0.25, 0.3) is 0 Å². The zero-order valence-corrected chi connectivity index (χ0v) is 9.39. The Kier molecular flexibility index (Phi) is 3.34. The molecule has 0 aliphatic heterocycles. The first-order chi connectivity index (χ1) is 7.68. The van der Waals surface area contributed by atoms with E-state index in [9.17, 15) is 10.2 Å². The van der Waals surface area contributed by atoms with Gasteiger partial charge in [0.05, 0.1) is 0 Å². The number of phenols is 2. The first kappa shape index (κ1) is 11.3. The number of nitrogens with two attached hydrogens (primary N) is 1. The monoisotopic (exact) mass is 221 g/mol. The van der Waals surface area contributed by atoms with Gasteiger partial charge in [-0.25, -0.2) is 0 Å². The number of hydrogen-bond donors (Lipinski definition) is 3. The molecule has 0 saturated heterocycles. The predicted octanol–water partition coefficient (Wildman–Crippen LogP) is 2.68. The van der Waals surface area contributed by atoms with E-state index in [0.717, 1.165) is 18.4 Å². The van der Waals surface area contributed by atoms with Crippen LogP contribution in [0.4, 0.5) is 0 Å². The molecule has 0 radical (unpaired) electrons. The molecule has 0 spiro atoms. The lowest BCUT2D eigenvalue weighted by Crippen LogP contribution is -2.23. The summed E-state index contributed by atoms with van der Waals surface area (Å²) in [5.74, 6) is 0.652. The summed E-state index contributed by atoms with van der Waals surface area (Å²) in [4.78, 5) is 0. The largest absolute Gasteiger partial charge is 0.508 e. The van der Waals surface area contributed by atoms with Crippen LogP contribution in [0.2, 0.25) is 0 Å². The molecule has 0 heterocycles. The maximum atomic E-state index is 9.75. The molecule has 88 valence electrons. The van der Waals surface area contributed by atoms with E-state index in [1.54, 1.807) is 12.1 Å². The Morgan fingerprint density at radius 2 is 1.81 bits per heavy atom. The van der Waals surface area contributed by atoms with Crippen molar-refractivity contribution in [1.29, 1.82) is 0 Å². The summed E-state index contributed by atoms with van der Waals surface area (Å²) >= 11 is 0. The molecule has 0 unspecified atom stereocenters. The molecule has 1 fully saturated rings. The van der Waals surface area contributed by atoms with Crippen molar-refractivity contribution < 1.29 is 10.2 Å². The Labute approximate surface area is 95.9 Å². The van der Waals surface area contributed by atoms with Crippen molar-refractivity contribution in [3.63, 3.8) is 0 Å². The van der Waals surface area contributed by atoms with Gasteiger partial charge >= 0.3 is 0 Å². The third-order valence-corrected chi connectivity index (χ3v) is 3.53. The Bertz CT molecular complexity index is 359. The van der Waals surface area contributed by atoms with Gasteiger partial charge in [-0.1, -0.05) is 25.3 Å². The van der Waals surface area contributed by atoms with E-state index in [2.05, 4.69) is 0 Å². The van der Waals surface area contributed by atoms with E-state index in [1.807, 2.05) is 0 Å². The fourth-order valence-corrected chi connectivity index (χ4v) is 2.56. The summed E-state index contributed by atoms with van der Waals surface area (Å²) in [6.45, 7) is 0. The van der Waals surface area contributed by atoms with Crippen LogP contribution in [-0.2, 0) is 0 Å². The normalized spacial score (nSPS) is 19.6. The summed E-state index contributed by atoms with van der Waals surface area (Å²) in [6.07, 6.45) is 6.04. The van der Waals surface area contributed by atoms with E-state index < -0.39 is 0 Å². The number of phenolic OH excluding ortho intramolecular Hbond substituents is 2. The smallest absolute Gasteiger partial charge is 0.124 e. The van der Waals surface area contributed by atoms with Crippen molar-refractivity contribution in [3.05, 3.63) is 23.8 Å². The Balaban J connectivity index is 2.15. The predicted molar refractivity (Wildman–Crippen MR) is 63.3 cm³/mol. The maximum Gasteiger partial charge on any atom is 0.124 e. The maximum absolute atomic E-state index is 9.75. The summed E-state index contributed by atoms with van der Waals surface area (Å²) < 4.78 is 0. The average molecular weight is 221 g/mol. The molecule has 1 aromatic carbocycles. The lowest BCUT2D eigenvalue weighted by molar-refractivity contribution is 0.302. The fourth-order valence-electron chi connectivity index (χ4n) is 2.56. The van der Waals surface area contributed by atoms with Crippen molar-refractivity contribution in [2.24, 2.45) is 11.7 Å². The highest BCUT2D eigenvalue weighted by atomic mass is 16.3. The SMILES string of the molecule is N[C@H](c1ccc(O)cc1O)C1CCCCC1. The molecule has 0 bridgehead atoms.